The molecule has 0 saturated carbocycles. The summed E-state index contributed by atoms with van der Waals surface area (Å²) in [6.45, 7) is 0.273. The lowest BCUT2D eigenvalue weighted by Gasteiger charge is -2.29. The van der Waals surface area contributed by atoms with Gasteiger partial charge in [-0.3, -0.25) is 10.1 Å². The van der Waals surface area contributed by atoms with E-state index in [9.17, 15) is 27.7 Å². The first-order chi connectivity index (χ1) is 9.86. The normalized spacial score (nSPS) is 20.1. The number of halogens is 1. The zero-order valence-electron chi connectivity index (χ0n) is 10.9. The summed E-state index contributed by atoms with van der Waals surface area (Å²) in [4.78, 5) is 20.2. The number of hydrogen-bond acceptors (Lipinski definition) is 5. The van der Waals surface area contributed by atoms with Gasteiger partial charge in [-0.15, -0.1) is 0 Å². The van der Waals surface area contributed by atoms with Crippen molar-refractivity contribution in [2.75, 3.05) is 13.1 Å². The molecular weight excluding hydrogens is 303 g/mol. The molecule has 0 spiro atoms. The van der Waals surface area contributed by atoms with E-state index in [2.05, 4.69) is 0 Å². The van der Waals surface area contributed by atoms with Gasteiger partial charge in [-0.2, -0.15) is 8.70 Å². The van der Waals surface area contributed by atoms with Gasteiger partial charge in [-0.25, -0.2) is 8.42 Å². The van der Waals surface area contributed by atoms with Crippen molar-refractivity contribution in [2.24, 2.45) is 5.92 Å². The maximum absolute atomic E-state index is 13.3. The monoisotopic (exact) mass is 316 g/mol. The number of hydrogen-bond donors (Lipinski definition) is 0. The SMILES string of the molecule is O=CC1CCCN(S(=O)(=O)c2ccc(F)c([N+](=O)[O-])c2)C1. The molecule has 1 aromatic carbocycles. The van der Waals surface area contributed by atoms with Crippen molar-refractivity contribution in [1.29, 1.82) is 0 Å². The van der Waals surface area contributed by atoms with Crippen LogP contribution in [0.2, 0.25) is 0 Å². The van der Waals surface area contributed by atoms with Crippen LogP contribution < -0.4 is 0 Å². The Hall–Kier alpha value is -1.87. The molecule has 0 aromatic heterocycles. The smallest absolute Gasteiger partial charge is 0.303 e. The van der Waals surface area contributed by atoms with Gasteiger partial charge in [0.15, 0.2) is 0 Å². The molecule has 114 valence electrons. The Kier molecular flexibility index (Phi) is 4.33. The second-order valence-corrected chi connectivity index (χ2v) is 6.71. The quantitative estimate of drug-likeness (QED) is 0.474. The Morgan fingerprint density at radius 2 is 2.14 bits per heavy atom. The number of benzene rings is 1. The van der Waals surface area contributed by atoms with Crippen LogP contribution in [-0.4, -0.2) is 37.0 Å². The van der Waals surface area contributed by atoms with Crippen LogP contribution in [0.1, 0.15) is 12.8 Å². The second kappa shape index (κ2) is 5.86. The number of nitro groups is 1. The van der Waals surface area contributed by atoms with Gasteiger partial charge in [0.05, 0.1) is 9.82 Å². The molecule has 1 atom stereocenters. The molecule has 0 radical (unpaired) electrons. The molecule has 1 aromatic rings. The van der Waals surface area contributed by atoms with E-state index < -0.39 is 26.5 Å². The van der Waals surface area contributed by atoms with Gasteiger partial charge < -0.3 is 4.79 Å². The van der Waals surface area contributed by atoms with Crippen LogP contribution in [0.4, 0.5) is 10.1 Å². The molecule has 9 heteroatoms. The Labute approximate surface area is 120 Å². The van der Waals surface area contributed by atoms with Gasteiger partial charge in [0.2, 0.25) is 15.8 Å². The fourth-order valence-corrected chi connectivity index (χ4v) is 3.80. The van der Waals surface area contributed by atoms with Crippen molar-refractivity contribution in [3.8, 4) is 0 Å². The summed E-state index contributed by atoms with van der Waals surface area (Å²) in [6.07, 6.45) is 1.85. The van der Waals surface area contributed by atoms with Crippen molar-refractivity contribution in [3.63, 3.8) is 0 Å². The number of sulfonamides is 1. The number of carbonyl (C=O) groups excluding carboxylic acids is 1. The van der Waals surface area contributed by atoms with Gasteiger partial charge in [-0.05, 0) is 25.0 Å². The first kappa shape index (κ1) is 15.5. The molecule has 21 heavy (non-hydrogen) atoms. The molecule has 1 heterocycles. The number of nitrogens with zero attached hydrogens (tertiary/aromatic N) is 2. The predicted molar refractivity (Wildman–Crippen MR) is 70.6 cm³/mol. The first-order valence-electron chi connectivity index (χ1n) is 6.25. The Bertz CT molecular complexity index is 676. The molecule has 0 N–H and O–H groups in total. The minimum Gasteiger partial charge on any atom is -0.303 e. The molecule has 1 unspecified atom stereocenters. The zero-order chi connectivity index (χ0) is 15.6. The number of aldehydes is 1. The van der Waals surface area contributed by atoms with Gasteiger partial charge >= 0.3 is 5.69 Å². The predicted octanol–water partition coefficient (Wildman–Crippen LogP) is 1.33. The highest BCUT2D eigenvalue weighted by molar-refractivity contribution is 7.89. The van der Waals surface area contributed by atoms with Crippen molar-refractivity contribution in [1.82, 2.24) is 4.31 Å². The highest BCUT2D eigenvalue weighted by atomic mass is 32.2. The number of piperidine rings is 1. The average Bonchev–Trinajstić information content (AvgIpc) is 2.47. The number of nitro benzene ring substituents is 1. The summed E-state index contributed by atoms with van der Waals surface area (Å²) >= 11 is 0. The lowest BCUT2D eigenvalue weighted by molar-refractivity contribution is -0.387. The highest BCUT2D eigenvalue weighted by Crippen LogP contribution is 2.26. The van der Waals surface area contributed by atoms with Crippen LogP contribution in [0.5, 0.6) is 0 Å². The molecule has 0 aliphatic carbocycles. The van der Waals surface area contributed by atoms with E-state index in [1.807, 2.05) is 0 Å². The van der Waals surface area contributed by atoms with E-state index in [1.54, 1.807) is 0 Å². The van der Waals surface area contributed by atoms with Crippen LogP contribution in [0.3, 0.4) is 0 Å². The third-order valence-corrected chi connectivity index (χ3v) is 5.23. The van der Waals surface area contributed by atoms with E-state index >= 15 is 0 Å². The van der Waals surface area contributed by atoms with Crippen LogP contribution in [0.25, 0.3) is 0 Å². The molecule has 7 nitrogen and oxygen atoms in total. The molecule has 1 aliphatic heterocycles. The highest BCUT2D eigenvalue weighted by Gasteiger charge is 2.31. The van der Waals surface area contributed by atoms with Crippen molar-refractivity contribution in [3.05, 3.63) is 34.1 Å². The summed E-state index contributed by atoms with van der Waals surface area (Å²) in [5.74, 6) is -1.48. The van der Waals surface area contributed by atoms with E-state index in [4.69, 9.17) is 0 Å². The Morgan fingerprint density at radius 1 is 1.43 bits per heavy atom. The second-order valence-electron chi connectivity index (χ2n) is 4.77. The zero-order valence-corrected chi connectivity index (χ0v) is 11.8. The first-order valence-corrected chi connectivity index (χ1v) is 7.69. The van der Waals surface area contributed by atoms with Crippen molar-refractivity contribution >= 4 is 22.0 Å². The van der Waals surface area contributed by atoms with Gasteiger partial charge in [-0.1, -0.05) is 0 Å². The average molecular weight is 316 g/mol. The van der Waals surface area contributed by atoms with Crippen LogP contribution in [0.15, 0.2) is 23.1 Å². The van der Waals surface area contributed by atoms with Crippen LogP contribution >= 0.6 is 0 Å². The van der Waals surface area contributed by atoms with Crippen molar-refractivity contribution in [2.45, 2.75) is 17.7 Å². The van der Waals surface area contributed by atoms with Crippen molar-refractivity contribution < 1.29 is 22.5 Å². The summed E-state index contributed by atoms with van der Waals surface area (Å²) in [5.41, 5.74) is -0.889. The van der Waals surface area contributed by atoms with Gasteiger partial charge in [0.1, 0.15) is 6.29 Å². The minimum atomic E-state index is -3.97. The number of carbonyl (C=O) groups is 1. The maximum atomic E-state index is 13.3. The number of rotatable bonds is 4. The molecule has 2 rings (SSSR count). The lowest BCUT2D eigenvalue weighted by atomic mass is 10.0. The molecule has 1 fully saturated rings. The molecule has 0 bridgehead atoms. The standard InChI is InChI=1S/C12H13FN2O5S/c13-11-4-3-10(6-12(11)15(17)18)21(19,20)14-5-1-2-9(7-14)8-16/h3-4,6,8-9H,1-2,5,7H2. The fraction of sp³-hybridized carbons (Fsp3) is 0.417. The Morgan fingerprint density at radius 3 is 2.76 bits per heavy atom. The third-order valence-electron chi connectivity index (χ3n) is 3.37. The van der Waals surface area contributed by atoms with Crippen LogP contribution in [-0.2, 0) is 14.8 Å². The summed E-state index contributed by atoms with van der Waals surface area (Å²) < 4.78 is 39.2. The third kappa shape index (κ3) is 3.08. The van der Waals surface area contributed by atoms with E-state index in [0.29, 0.717) is 25.2 Å². The van der Waals surface area contributed by atoms with Gasteiger partial charge in [0.25, 0.3) is 0 Å². The van der Waals surface area contributed by atoms with Gasteiger partial charge in [0, 0.05) is 25.1 Å². The lowest BCUT2D eigenvalue weighted by Crippen LogP contribution is -2.40. The van der Waals surface area contributed by atoms with E-state index in [1.165, 1.54) is 0 Å². The summed E-state index contributed by atoms with van der Waals surface area (Å²) in [7, 11) is -3.97. The molecule has 0 amide bonds. The molecule has 1 aliphatic rings. The van der Waals surface area contributed by atoms with E-state index in [0.717, 1.165) is 16.4 Å². The fourth-order valence-electron chi connectivity index (χ4n) is 2.25. The largest absolute Gasteiger partial charge is 0.306 e. The topological polar surface area (TPSA) is 97.6 Å². The summed E-state index contributed by atoms with van der Waals surface area (Å²) in [6, 6.07) is 2.45. The Balaban J connectivity index is 2.37. The molecular formula is C12H13FN2O5S. The molecule has 1 saturated heterocycles. The van der Waals surface area contributed by atoms with Crippen LogP contribution in [0, 0.1) is 21.8 Å². The minimum absolute atomic E-state index is 0.0387. The maximum Gasteiger partial charge on any atom is 0.306 e. The summed E-state index contributed by atoms with van der Waals surface area (Å²) in [5, 5.41) is 10.7. The van der Waals surface area contributed by atoms with E-state index in [-0.39, 0.29) is 23.9 Å².